The molecule has 1 aliphatic heterocycles. The van der Waals surface area contributed by atoms with Crippen LogP contribution in [0.15, 0.2) is 42.7 Å². The number of rotatable bonds is 5. The fraction of sp³-hybridized carbons (Fsp3) is 0.353. The van der Waals surface area contributed by atoms with Crippen molar-refractivity contribution < 1.29 is 9.47 Å². The Hall–Kier alpha value is -2.07. The van der Waals surface area contributed by atoms with E-state index in [0.29, 0.717) is 5.92 Å². The molecule has 4 nitrogen and oxygen atoms in total. The average molecular weight is 284 g/mol. The van der Waals surface area contributed by atoms with Crippen LogP contribution in [0.25, 0.3) is 0 Å². The molecule has 1 N–H and O–H groups in total. The predicted molar refractivity (Wildman–Crippen MR) is 81.8 cm³/mol. The van der Waals surface area contributed by atoms with E-state index in [9.17, 15) is 0 Å². The number of benzene rings is 1. The number of pyridine rings is 1. The van der Waals surface area contributed by atoms with Gasteiger partial charge in [0.1, 0.15) is 11.5 Å². The van der Waals surface area contributed by atoms with E-state index in [2.05, 4.69) is 22.4 Å². The normalized spacial score (nSPS) is 16.9. The Morgan fingerprint density at radius 1 is 1.33 bits per heavy atom. The van der Waals surface area contributed by atoms with Crippen LogP contribution in [0.3, 0.4) is 0 Å². The van der Waals surface area contributed by atoms with Crippen molar-refractivity contribution in [3.8, 4) is 11.5 Å². The highest BCUT2D eigenvalue weighted by molar-refractivity contribution is 5.38. The van der Waals surface area contributed by atoms with Crippen LogP contribution < -0.4 is 14.8 Å². The van der Waals surface area contributed by atoms with Crippen LogP contribution in [0.2, 0.25) is 0 Å². The number of nitrogens with zero attached hydrogens (tertiary/aromatic N) is 1. The van der Waals surface area contributed by atoms with Gasteiger partial charge in [-0.2, -0.15) is 0 Å². The van der Waals surface area contributed by atoms with Gasteiger partial charge in [0.2, 0.25) is 0 Å². The van der Waals surface area contributed by atoms with Gasteiger partial charge < -0.3 is 14.8 Å². The van der Waals surface area contributed by atoms with Crippen molar-refractivity contribution >= 4 is 0 Å². The zero-order chi connectivity index (χ0) is 14.5. The Labute approximate surface area is 125 Å². The summed E-state index contributed by atoms with van der Waals surface area (Å²) >= 11 is 0. The van der Waals surface area contributed by atoms with Crippen molar-refractivity contribution in [1.29, 1.82) is 0 Å². The molecule has 0 spiro atoms. The van der Waals surface area contributed by atoms with Crippen LogP contribution in [0.4, 0.5) is 0 Å². The van der Waals surface area contributed by atoms with Gasteiger partial charge in [-0.05, 0) is 24.1 Å². The van der Waals surface area contributed by atoms with Gasteiger partial charge in [0.25, 0.3) is 0 Å². The SMILES string of the molecule is COc1ccncc1CNCC1CCOc2ccccc21. The van der Waals surface area contributed by atoms with Crippen molar-refractivity contribution in [1.82, 2.24) is 10.3 Å². The highest BCUT2D eigenvalue weighted by Gasteiger charge is 2.20. The molecule has 4 heteroatoms. The summed E-state index contributed by atoms with van der Waals surface area (Å²) in [4.78, 5) is 4.15. The molecule has 1 aliphatic rings. The summed E-state index contributed by atoms with van der Waals surface area (Å²) in [6.07, 6.45) is 4.65. The fourth-order valence-electron chi connectivity index (χ4n) is 2.76. The van der Waals surface area contributed by atoms with E-state index in [1.54, 1.807) is 13.3 Å². The summed E-state index contributed by atoms with van der Waals surface area (Å²) in [5.41, 5.74) is 2.38. The second kappa shape index (κ2) is 6.59. The molecule has 2 aromatic rings. The maximum Gasteiger partial charge on any atom is 0.126 e. The summed E-state index contributed by atoms with van der Waals surface area (Å²) in [6.45, 7) is 2.48. The molecular formula is C17H20N2O2. The van der Waals surface area contributed by atoms with Crippen LogP contribution in [-0.2, 0) is 6.54 Å². The fourth-order valence-corrected chi connectivity index (χ4v) is 2.76. The van der Waals surface area contributed by atoms with Crippen LogP contribution in [0, 0.1) is 0 Å². The number of nitrogens with one attached hydrogen (secondary N) is 1. The third kappa shape index (κ3) is 3.16. The summed E-state index contributed by atoms with van der Waals surface area (Å²) in [5.74, 6) is 2.40. The Kier molecular flexibility index (Phi) is 4.36. The van der Waals surface area contributed by atoms with Gasteiger partial charge >= 0.3 is 0 Å². The lowest BCUT2D eigenvalue weighted by molar-refractivity contribution is 0.264. The lowest BCUT2D eigenvalue weighted by atomic mass is 9.93. The Morgan fingerprint density at radius 3 is 3.14 bits per heavy atom. The van der Waals surface area contributed by atoms with E-state index in [0.717, 1.165) is 43.2 Å². The minimum atomic E-state index is 0.498. The molecule has 0 amide bonds. The number of hydrogen-bond donors (Lipinski definition) is 1. The highest BCUT2D eigenvalue weighted by atomic mass is 16.5. The quantitative estimate of drug-likeness (QED) is 0.917. The first-order valence-electron chi connectivity index (χ1n) is 7.28. The lowest BCUT2D eigenvalue weighted by Crippen LogP contribution is -2.25. The summed E-state index contributed by atoms with van der Waals surface area (Å²) in [7, 11) is 1.69. The van der Waals surface area contributed by atoms with Crippen LogP contribution >= 0.6 is 0 Å². The van der Waals surface area contributed by atoms with Crippen molar-refractivity contribution in [2.45, 2.75) is 18.9 Å². The number of hydrogen-bond acceptors (Lipinski definition) is 4. The summed E-state index contributed by atoms with van der Waals surface area (Å²) < 4.78 is 11.0. The van der Waals surface area contributed by atoms with Crippen molar-refractivity contribution in [3.05, 3.63) is 53.9 Å². The number of methoxy groups -OCH3 is 1. The maximum absolute atomic E-state index is 5.70. The molecular weight excluding hydrogens is 264 g/mol. The molecule has 1 aromatic carbocycles. The van der Waals surface area contributed by atoms with Gasteiger partial charge in [0.15, 0.2) is 0 Å². The van der Waals surface area contributed by atoms with Crippen molar-refractivity contribution in [2.24, 2.45) is 0 Å². The van der Waals surface area contributed by atoms with E-state index in [1.807, 2.05) is 24.4 Å². The molecule has 110 valence electrons. The van der Waals surface area contributed by atoms with Crippen LogP contribution in [-0.4, -0.2) is 25.2 Å². The van der Waals surface area contributed by atoms with E-state index in [4.69, 9.17) is 9.47 Å². The second-order valence-corrected chi connectivity index (χ2v) is 5.19. The number of aromatic nitrogens is 1. The standard InChI is InChI=1S/C17H20N2O2/c1-20-16-6-8-18-11-14(16)12-19-10-13-7-9-21-17-5-3-2-4-15(13)17/h2-6,8,11,13,19H,7,9-10,12H2,1H3. The van der Waals surface area contributed by atoms with Crippen LogP contribution in [0.1, 0.15) is 23.5 Å². The van der Waals surface area contributed by atoms with E-state index in [1.165, 1.54) is 5.56 Å². The molecule has 1 aromatic heterocycles. The third-order valence-corrected chi connectivity index (χ3v) is 3.87. The molecule has 1 atom stereocenters. The van der Waals surface area contributed by atoms with Gasteiger partial charge in [0, 0.05) is 37.0 Å². The predicted octanol–water partition coefficient (Wildman–Crippen LogP) is 2.75. The molecule has 3 rings (SSSR count). The molecule has 1 unspecified atom stereocenters. The number of fused-ring (bicyclic) bond motifs is 1. The molecule has 0 saturated carbocycles. The molecule has 0 bridgehead atoms. The first-order valence-corrected chi connectivity index (χ1v) is 7.28. The molecule has 0 saturated heterocycles. The van der Waals surface area contributed by atoms with E-state index < -0.39 is 0 Å². The average Bonchev–Trinajstić information content (AvgIpc) is 2.55. The monoisotopic (exact) mass is 284 g/mol. The summed E-state index contributed by atoms with van der Waals surface area (Å²) in [5, 5.41) is 3.51. The van der Waals surface area contributed by atoms with E-state index in [-0.39, 0.29) is 0 Å². The number of para-hydroxylation sites is 1. The number of ether oxygens (including phenoxy) is 2. The first kappa shape index (κ1) is 13.9. The minimum absolute atomic E-state index is 0.498. The van der Waals surface area contributed by atoms with Gasteiger partial charge in [-0.3, -0.25) is 4.98 Å². The minimum Gasteiger partial charge on any atom is -0.496 e. The highest BCUT2D eigenvalue weighted by Crippen LogP contribution is 2.32. The molecule has 0 aliphatic carbocycles. The van der Waals surface area contributed by atoms with Gasteiger partial charge in [0.05, 0.1) is 13.7 Å². The van der Waals surface area contributed by atoms with Crippen molar-refractivity contribution in [3.63, 3.8) is 0 Å². The van der Waals surface area contributed by atoms with Crippen molar-refractivity contribution in [2.75, 3.05) is 20.3 Å². The first-order chi connectivity index (χ1) is 10.4. The third-order valence-electron chi connectivity index (χ3n) is 3.87. The zero-order valence-electron chi connectivity index (χ0n) is 12.2. The van der Waals surface area contributed by atoms with E-state index >= 15 is 0 Å². The molecule has 0 fully saturated rings. The lowest BCUT2D eigenvalue weighted by Gasteiger charge is -2.26. The smallest absolute Gasteiger partial charge is 0.126 e. The zero-order valence-corrected chi connectivity index (χ0v) is 12.2. The molecule has 21 heavy (non-hydrogen) atoms. The van der Waals surface area contributed by atoms with Gasteiger partial charge in [-0.25, -0.2) is 0 Å². The Bertz CT molecular complexity index is 601. The second-order valence-electron chi connectivity index (χ2n) is 5.19. The van der Waals surface area contributed by atoms with Crippen LogP contribution in [0.5, 0.6) is 11.5 Å². The van der Waals surface area contributed by atoms with Gasteiger partial charge in [-0.15, -0.1) is 0 Å². The van der Waals surface area contributed by atoms with Gasteiger partial charge in [-0.1, -0.05) is 18.2 Å². The molecule has 2 heterocycles. The Balaban J connectivity index is 1.61. The maximum atomic E-state index is 5.70. The summed E-state index contributed by atoms with van der Waals surface area (Å²) in [6, 6.07) is 10.2. The molecule has 0 radical (unpaired) electrons. The largest absolute Gasteiger partial charge is 0.496 e. The Morgan fingerprint density at radius 2 is 2.24 bits per heavy atom. The topological polar surface area (TPSA) is 43.4 Å².